The molecule has 1 fully saturated rings. The van der Waals surface area contributed by atoms with Gasteiger partial charge < -0.3 is 15.6 Å². The van der Waals surface area contributed by atoms with Gasteiger partial charge >= 0.3 is 12.2 Å². The highest BCUT2D eigenvalue weighted by Crippen LogP contribution is 2.47. The van der Waals surface area contributed by atoms with Crippen molar-refractivity contribution in [2.45, 2.75) is 24.4 Å². The van der Waals surface area contributed by atoms with Crippen LogP contribution in [0, 0.1) is 11.3 Å². The molecule has 34 heavy (non-hydrogen) atoms. The molecule has 0 radical (unpaired) electrons. The maximum absolute atomic E-state index is 12.7. The highest BCUT2D eigenvalue weighted by molar-refractivity contribution is 6.06. The van der Waals surface area contributed by atoms with Crippen LogP contribution in [0.5, 0.6) is 0 Å². The number of alkyl halides is 3. The number of anilines is 2. The Labute approximate surface area is 193 Å². The zero-order valence-corrected chi connectivity index (χ0v) is 17.8. The van der Waals surface area contributed by atoms with Crippen LogP contribution in [0.4, 0.5) is 29.3 Å². The number of carbonyl (C=O) groups is 1. The van der Waals surface area contributed by atoms with Gasteiger partial charge in [0.15, 0.2) is 0 Å². The number of hydrogen-bond acceptors (Lipinski definition) is 2. The SMILES string of the molecule is N#CC1(c2ccc(-c3ccc4[nH]cc(NC(=O)Nc5ccc(C(F)(F)F)cc5)c4c3)cc2)CC1. The van der Waals surface area contributed by atoms with Gasteiger partial charge in [-0.3, -0.25) is 0 Å². The van der Waals surface area contributed by atoms with Crippen LogP contribution in [0.2, 0.25) is 0 Å². The summed E-state index contributed by atoms with van der Waals surface area (Å²) in [6, 6.07) is 19.9. The number of aromatic amines is 1. The fourth-order valence-corrected chi connectivity index (χ4v) is 4.00. The monoisotopic (exact) mass is 460 g/mol. The third-order valence-corrected chi connectivity index (χ3v) is 6.13. The number of nitrogens with one attached hydrogen (secondary N) is 3. The number of carbonyl (C=O) groups excluding carboxylic acids is 1. The van der Waals surface area contributed by atoms with Crippen LogP contribution < -0.4 is 10.6 Å². The highest BCUT2D eigenvalue weighted by Gasteiger charge is 2.44. The molecule has 8 heteroatoms. The molecular formula is C26H19F3N4O. The van der Waals surface area contributed by atoms with E-state index in [1.165, 1.54) is 12.1 Å². The molecule has 170 valence electrons. The molecule has 2 amide bonds. The van der Waals surface area contributed by atoms with Gasteiger partial charge in [0.1, 0.15) is 0 Å². The van der Waals surface area contributed by atoms with E-state index in [0.29, 0.717) is 5.69 Å². The first-order valence-electron chi connectivity index (χ1n) is 10.7. The zero-order valence-electron chi connectivity index (χ0n) is 17.8. The number of rotatable bonds is 4. The summed E-state index contributed by atoms with van der Waals surface area (Å²) in [7, 11) is 0. The van der Waals surface area contributed by atoms with Gasteiger partial charge in [0.25, 0.3) is 0 Å². The minimum Gasteiger partial charge on any atom is -0.359 e. The summed E-state index contributed by atoms with van der Waals surface area (Å²) in [6.07, 6.45) is -0.991. The number of halogens is 3. The molecule has 1 saturated carbocycles. The minimum absolute atomic E-state index is 0.247. The number of hydrogen-bond donors (Lipinski definition) is 3. The van der Waals surface area contributed by atoms with Crippen molar-refractivity contribution >= 4 is 28.3 Å². The van der Waals surface area contributed by atoms with Crippen LogP contribution in [0.1, 0.15) is 24.0 Å². The van der Waals surface area contributed by atoms with E-state index in [0.717, 1.165) is 52.6 Å². The van der Waals surface area contributed by atoms with Gasteiger partial charge in [-0.05, 0) is 65.9 Å². The molecule has 1 aromatic heterocycles. The molecule has 3 aromatic carbocycles. The van der Waals surface area contributed by atoms with Gasteiger partial charge in [-0.15, -0.1) is 0 Å². The Morgan fingerprint density at radius 1 is 0.941 bits per heavy atom. The van der Waals surface area contributed by atoms with Crippen LogP contribution >= 0.6 is 0 Å². The molecule has 0 bridgehead atoms. The van der Waals surface area contributed by atoms with Crippen molar-refractivity contribution in [2.75, 3.05) is 10.6 Å². The molecule has 3 N–H and O–H groups in total. The van der Waals surface area contributed by atoms with Crippen LogP contribution in [0.15, 0.2) is 72.9 Å². The first-order chi connectivity index (χ1) is 16.3. The second-order valence-electron chi connectivity index (χ2n) is 8.39. The highest BCUT2D eigenvalue weighted by atomic mass is 19.4. The van der Waals surface area contributed by atoms with Crippen molar-refractivity contribution in [3.63, 3.8) is 0 Å². The molecule has 4 aromatic rings. The largest absolute Gasteiger partial charge is 0.416 e. The van der Waals surface area contributed by atoms with E-state index in [2.05, 4.69) is 21.7 Å². The van der Waals surface area contributed by atoms with E-state index in [4.69, 9.17) is 0 Å². The van der Waals surface area contributed by atoms with Crippen molar-refractivity contribution in [3.8, 4) is 17.2 Å². The van der Waals surface area contributed by atoms with Gasteiger partial charge in [0, 0.05) is 22.8 Å². The predicted octanol–water partition coefficient (Wildman–Crippen LogP) is 7.05. The topological polar surface area (TPSA) is 80.7 Å². The van der Waals surface area contributed by atoms with Crippen LogP contribution in [0.25, 0.3) is 22.0 Å². The van der Waals surface area contributed by atoms with Crippen molar-refractivity contribution in [1.82, 2.24) is 4.98 Å². The number of nitrogens with zero attached hydrogens (tertiary/aromatic N) is 1. The molecular weight excluding hydrogens is 441 g/mol. The standard InChI is InChI=1S/C26H19F3N4O/c27-26(28,29)19-6-8-20(9-7-19)32-24(34)33-23-14-31-22-10-3-17(13-21(22)23)16-1-4-18(5-2-16)25(15-30)11-12-25/h1-10,13-14,31H,11-12H2,(H2,32,33,34). The Bertz CT molecular complexity index is 1410. The molecule has 1 aliphatic carbocycles. The van der Waals surface area contributed by atoms with Crippen molar-refractivity contribution in [3.05, 3.63) is 84.1 Å². The molecule has 0 spiro atoms. The normalized spacial score (nSPS) is 14.4. The summed E-state index contributed by atoms with van der Waals surface area (Å²) in [5.74, 6) is 0. The summed E-state index contributed by atoms with van der Waals surface area (Å²) >= 11 is 0. The number of aromatic nitrogens is 1. The Hall–Kier alpha value is -4.25. The number of amides is 2. The number of H-pyrrole nitrogens is 1. The summed E-state index contributed by atoms with van der Waals surface area (Å²) in [5, 5.41) is 15.5. The van der Waals surface area contributed by atoms with Crippen LogP contribution in [-0.4, -0.2) is 11.0 Å². The summed E-state index contributed by atoms with van der Waals surface area (Å²) in [4.78, 5) is 15.5. The lowest BCUT2D eigenvalue weighted by atomic mass is 9.95. The van der Waals surface area contributed by atoms with Crippen LogP contribution in [-0.2, 0) is 11.6 Å². The molecule has 1 aliphatic rings. The van der Waals surface area contributed by atoms with E-state index in [1.807, 2.05) is 42.5 Å². The lowest BCUT2D eigenvalue weighted by molar-refractivity contribution is -0.137. The van der Waals surface area contributed by atoms with Gasteiger partial charge in [-0.25, -0.2) is 4.79 Å². The minimum atomic E-state index is -4.43. The maximum Gasteiger partial charge on any atom is 0.416 e. The summed E-state index contributed by atoms with van der Waals surface area (Å²) in [6.45, 7) is 0. The Morgan fingerprint density at radius 2 is 1.62 bits per heavy atom. The second kappa shape index (κ2) is 7.96. The van der Waals surface area contributed by atoms with Crippen molar-refractivity contribution in [1.29, 1.82) is 5.26 Å². The van der Waals surface area contributed by atoms with Gasteiger partial charge in [0.05, 0.1) is 22.7 Å². The number of urea groups is 1. The van der Waals surface area contributed by atoms with Gasteiger partial charge in [-0.1, -0.05) is 30.3 Å². The molecule has 1 heterocycles. The van der Waals surface area contributed by atoms with E-state index >= 15 is 0 Å². The first-order valence-corrected chi connectivity index (χ1v) is 10.7. The fourth-order valence-electron chi connectivity index (χ4n) is 4.00. The van der Waals surface area contributed by atoms with Crippen LogP contribution in [0.3, 0.4) is 0 Å². The first kappa shape index (κ1) is 21.6. The third kappa shape index (κ3) is 4.08. The molecule has 0 unspecified atom stereocenters. The number of fused-ring (bicyclic) bond motifs is 1. The van der Waals surface area contributed by atoms with Gasteiger partial charge in [0.2, 0.25) is 0 Å². The summed E-state index contributed by atoms with van der Waals surface area (Å²) < 4.78 is 38.1. The molecule has 0 aliphatic heterocycles. The fraction of sp³-hybridized carbons (Fsp3) is 0.154. The quantitative estimate of drug-likeness (QED) is 0.305. The number of nitriles is 1. The maximum atomic E-state index is 12.7. The van der Waals surface area contributed by atoms with E-state index in [1.54, 1.807) is 6.20 Å². The lowest BCUT2D eigenvalue weighted by Crippen LogP contribution is -2.19. The van der Waals surface area contributed by atoms with Gasteiger partial charge in [-0.2, -0.15) is 18.4 Å². The smallest absolute Gasteiger partial charge is 0.359 e. The number of benzene rings is 3. The lowest BCUT2D eigenvalue weighted by Gasteiger charge is -2.10. The Morgan fingerprint density at radius 3 is 2.24 bits per heavy atom. The van der Waals surface area contributed by atoms with E-state index in [-0.39, 0.29) is 11.1 Å². The Balaban J connectivity index is 1.33. The molecule has 0 saturated heterocycles. The Kier molecular flexibility index (Phi) is 5.05. The third-order valence-electron chi connectivity index (χ3n) is 6.13. The predicted molar refractivity (Wildman–Crippen MR) is 124 cm³/mol. The van der Waals surface area contributed by atoms with E-state index < -0.39 is 17.8 Å². The second-order valence-corrected chi connectivity index (χ2v) is 8.39. The zero-order chi connectivity index (χ0) is 23.9. The molecule has 0 atom stereocenters. The van der Waals surface area contributed by atoms with Crippen molar-refractivity contribution < 1.29 is 18.0 Å². The van der Waals surface area contributed by atoms with E-state index in [9.17, 15) is 23.2 Å². The van der Waals surface area contributed by atoms with Crippen molar-refractivity contribution in [2.24, 2.45) is 0 Å². The average Bonchev–Trinajstić information content (AvgIpc) is 3.54. The molecule has 5 nitrogen and oxygen atoms in total. The summed E-state index contributed by atoms with van der Waals surface area (Å²) in [5.41, 5.74) is 3.47. The molecule has 5 rings (SSSR count). The average molecular weight is 460 g/mol.